The van der Waals surface area contributed by atoms with Gasteiger partial charge in [0.2, 0.25) is 0 Å². The smallest absolute Gasteiger partial charge is 0.263 e. The number of hydrogen-bond donors (Lipinski definition) is 1. The van der Waals surface area contributed by atoms with E-state index in [-0.39, 0.29) is 26.5 Å². The van der Waals surface area contributed by atoms with Gasteiger partial charge in [0.1, 0.15) is 28.3 Å². The van der Waals surface area contributed by atoms with Crippen LogP contribution in [0.5, 0.6) is 0 Å². The van der Waals surface area contributed by atoms with E-state index in [1.165, 1.54) is 24.3 Å². The van der Waals surface area contributed by atoms with Crippen molar-refractivity contribution in [3.05, 3.63) is 46.3 Å². The summed E-state index contributed by atoms with van der Waals surface area (Å²) in [5, 5.41) is 9.24. The van der Waals surface area contributed by atoms with Crippen molar-refractivity contribution >= 4 is 39.0 Å². The molecule has 9 heteroatoms. The third kappa shape index (κ3) is 3.17. The van der Waals surface area contributed by atoms with E-state index >= 15 is 0 Å². The summed E-state index contributed by atoms with van der Waals surface area (Å²) in [6, 6.07) is 6.98. The van der Waals surface area contributed by atoms with Gasteiger partial charge < -0.3 is 0 Å². The predicted molar refractivity (Wildman–Crippen MR) is 74.0 cm³/mol. The van der Waals surface area contributed by atoms with Crippen molar-refractivity contribution in [1.82, 2.24) is 9.97 Å². The summed E-state index contributed by atoms with van der Waals surface area (Å²) in [5.74, 6) is -0.00568. The van der Waals surface area contributed by atoms with E-state index in [4.69, 9.17) is 28.5 Å². The van der Waals surface area contributed by atoms with Crippen LogP contribution >= 0.6 is 23.2 Å². The van der Waals surface area contributed by atoms with Crippen LogP contribution in [0.4, 0.5) is 5.82 Å². The first-order chi connectivity index (χ1) is 9.42. The van der Waals surface area contributed by atoms with Crippen molar-refractivity contribution < 1.29 is 8.42 Å². The number of nitrogens with zero attached hydrogens (tertiary/aromatic N) is 3. The Labute approximate surface area is 125 Å². The summed E-state index contributed by atoms with van der Waals surface area (Å²) < 4.78 is 26.6. The van der Waals surface area contributed by atoms with E-state index < -0.39 is 10.0 Å². The second-order valence-electron chi connectivity index (χ2n) is 3.58. The Bertz CT molecular complexity index is 802. The monoisotopic (exact) mass is 328 g/mol. The van der Waals surface area contributed by atoms with Crippen molar-refractivity contribution in [3.8, 4) is 6.07 Å². The van der Waals surface area contributed by atoms with Crippen LogP contribution in [0.1, 0.15) is 5.56 Å². The molecule has 0 amide bonds. The molecule has 0 fully saturated rings. The van der Waals surface area contributed by atoms with Crippen LogP contribution in [0.25, 0.3) is 0 Å². The highest BCUT2D eigenvalue weighted by atomic mass is 35.5. The van der Waals surface area contributed by atoms with E-state index in [0.717, 1.165) is 6.33 Å². The number of halogens is 2. The van der Waals surface area contributed by atoms with Gasteiger partial charge in [0.25, 0.3) is 10.0 Å². The van der Waals surface area contributed by atoms with Crippen molar-refractivity contribution in [2.75, 3.05) is 4.72 Å². The quantitative estimate of drug-likeness (QED) is 0.873. The molecule has 1 aromatic carbocycles. The van der Waals surface area contributed by atoms with Gasteiger partial charge in [-0.15, -0.1) is 0 Å². The van der Waals surface area contributed by atoms with Gasteiger partial charge >= 0.3 is 0 Å². The first-order valence-corrected chi connectivity index (χ1v) is 7.36. The van der Waals surface area contributed by atoms with Gasteiger partial charge in [-0.1, -0.05) is 23.2 Å². The lowest BCUT2D eigenvalue weighted by atomic mass is 10.2. The molecule has 102 valence electrons. The lowest BCUT2D eigenvalue weighted by molar-refractivity contribution is 0.601. The third-order valence-corrected chi connectivity index (χ3v) is 4.06. The number of rotatable bonds is 3. The maximum absolute atomic E-state index is 12.2. The maximum atomic E-state index is 12.2. The third-order valence-electron chi connectivity index (χ3n) is 2.23. The SMILES string of the molecule is N#Cc1ccc(Cl)cc1S(=O)(=O)Nc1cc(Cl)ncn1. The highest BCUT2D eigenvalue weighted by Crippen LogP contribution is 2.22. The standard InChI is InChI=1S/C11H6Cl2N4O2S/c12-8-2-1-7(5-14)9(3-8)20(18,19)17-11-4-10(13)15-6-16-11/h1-4,6H,(H,15,16,17). The number of hydrogen-bond acceptors (Lipinski definition) is 5. The topological polar surface area (TPSA) is 95.7 Å². The Hall–Kier alpha value is -1.88. The van der Waals surface area contributed by atoms with Crippen LogP contribution < -0.4 is 4.72 Å². The van der Waals surface area contributed by atoms with Crippen molar-refractivity contribution in [2.45, 2.75) is 4.90 Å². The molecule has 0 radical (unpaired) electrons. The second-order valence-corrected chi connectivity index (χ2v) is 6.06. The Morgan fingerprint density at radius 2 is 1.95 bits per heavy atom. The lowest BCUT2D eigenvalue weighted by Gasteiger charge is -2.08. The molecular weight excluding hydrogens is 323 g/mol. The Morgan fingerprint density at radius 3 is 2.60 bits per heavy atom. The summed E-state index contributed by atoms with van der Waals surface area (Å²) >= 11 is 11.4. The molecule has 0 unspecified atom stereocenters. The Kier molecular flexibility index (Phi) is 4.09. The van der Waals surface area contributed by atoms with E-state index in [9.17, 15) is 8.42 Å². The van der Waals surface area contributed by atoms with Crippen LogP contribution in [0, 0.1) is 11.3 Å². The molecular formula is C11H6Cl2N4O2S. The summed E-state index contributed by atoms with van der Waals surface area (Å²) in [4.78, 5) is 7.13. The summed E-state index contributed by atoms with van der Waals surface area (Å²) in [7, 11) is -4.00. The molecule has 0 aliphatic rings. The van der Waals surface area contributed by atoms with Crippen LogP contribution in [0.3, 0.4) is 0 Å². The van der Waals surface area contributed by atoms with Gasteiger partial charge in [-0.05, 0) is 18.2 Å². The summed E-state index contributed by atoms with van der Waals surface area (Å²) in [6.07, 6.45) is 1.11. The lowest BCUT2D eigenvalue weighted by Crippen LogP contribution is -2.15. The molecule has 0 bridgehead atoms. The first-order valence-electron chi connectivity index (χ1n) is 5.12. The summed E-state index contributed by atoms with van der Waals surface area (Å²) in [6.45, 7) is 0. The number of sulfonamides is 1. The minimum atomic E-state index is -4.00. The number of aromatic nitrogens is 2. The normalized spacial score (nSPS) is 10.8. The fourth-order valence-corrected chi connectivity index (χ4v) is 2.96. The number of nitrogens with one attached hydrogen (secondary N) is 1. The number of nitriles is 1. The zero-order chi connectivity index (χ0) is 14.8. The van der Waals surface area contributed by atoms with Gasteiger partial charge in [0.15, 0.2) is 0 Å². The van der Waals surface area contributed by atoms with Crippen LogP contribution in [-0.2, 0) is 10.0 Å². The van der Waals surface area contributed by atoms with Gasteiger partial charge in [0, 0.05) is 11.1 Å². The molecule has 0 saturated heterocycles. The molecule has 0 aliphatic heterocycles. The highest BCUT2D eigenvalue weighted by Gasteiger charge is 2.20. The first kappa shape index (κ1) is 14.5. The number of benzene rings is 1. The molecule has 0 spiro atoms. The van der Waals surface area contributed by atoms with E-state index in [1.54, 1.807) is 6.07 Å². The van der Waals surface area contributed by atoms with E-state index in [2.05, 4.69) is 14.7 Å². The zero-order valence-electron chi connectivity index (χ0n) is 9.71. The molecule has 1 aromatic heterocycles. The largest absolute Gasteiger partial charge is 0.264 e. The fraction of sp³-hybridized carbons (Fsp3) is 0. The van der Waals surface area contributed by atoms with Gasteiger partial charge in [-0.25, -0.2) is 18.4 Å². The van der Waals surface area contributed by atoms with Crippen molar-refractivity contribution in [1.29, 1.82) is 5.26 Å². The Morgan fingerprint density at radius 1 is 1.20 bits per heavy atom. The van der Waals surface area contributed by atoms with Gasteiger partial charge in [0.05, 0.1) is 5.56 Å². The molecule has 0 atom stereocenters. The minimum Gasteiger partial charge on any atom is -0.263 e. The average molecular weight is 329 g/mol. The number of anilines is 1. The zero-order valence-corrected chi connectivity index (χ0v) is 12.0. The molecule has 6 nitrogen and oxygen atoms in total. The van der Waals surface area contributed by atoms with Crippen LogP contribution in [0.2, 0.25) is 10.2 Å². The highest BCUT2D eigenvalue weighted by molar-refractivity contribution is 7.92. The molecule has 0 aliphatic carbocycles. The average Bonchev–Trinajstić information content (AvgIpc) is 2.38. The predicted octanol–water partition coefficient (Wildman–Crippen LogP) is 2.46. The van der Waals surface area contributed by atoms with Gasteiger partial charge in [-0.2, -0.15) is 5.26 Å². The molecule has 1 heterocycles. The van der Waals surface area contributed by atoms with Crippen LogP contribution in [-0.4, -0.2) is 18.4 Å². The molecule has 2 rings (SSSR count). The van der Waals surface area contributed by atoms with Crippen LogP contribution in [0.15, 0.2) is 35.5 Å². The molecule has 2 aromatic rings. The van der Waals surface area contributed by atoms with Crippen molar-refractivity contribution in [2.24, 2.45) is 0 Å². The fourth-order valence-electron chi connectivity index (χ4n) is 1.39. The second kappa shape index (κ2) is 5.63. The van der Waals surface area contributed by atoms with Crippen molar-refractivity contribution in [3.63, 3.8) is 0 Å². The molecule has 0 saturated carbocycles. The summed E-state index contributed by atoms with van der Waals surface area (Å²) in [5.41, 5.74) is -0.0259. The van der Waals surface area contributed by atoms with Gasteiger partial charge in [-0.3, -0.25) is 4.72 Å². The Balaban J connectivity index is 2.46. The van der Waals surface area contributed by atoms with E-state index in [1.807, 2.05) is 0 Å². The maximum Gasteiger partial charge on any atom is 0.264 e. The minimum absolute atomic E-state index is 0.00568. The van der Waals surface area contributed by atoms with E-state index in [0.29, 0.717) is 0 Å². The molecule has 20 heavy (non-hydrogen) atoms. The molecule has 1 N–H and O–H groups in total.